The molecular weight excluding hydrogens is 392 g/mol. The SMILES string of the molecule is COc1c(C(C)(C)C)cc([C@@H](c2ccccc2)c2ccc(C(C)=O)cc2)cc1C(C)(C)C. The number of methoxy groups -OCH3 is 1. The number of hydrogen-bond acceptors (Lipinski definition) is 2. The number of hydrogen-bond donors (Lipinski definition) is 0. The minimum absolute atomic E-state index is 0.0605. The number of ether oxygens (including phenoxy) is 1. The molecule has 1 atom stereocenters. The van der Waals surface area contributed by atoms with E-state index >= 15 is 0 Å². The fourth-order valence-corrected chi connectivity index (χ4v) is 4.29. The number of carbonyl (C=O) groups excluding carboxylic acids is 1. The first-order chi connectivity index (χ1) is 14.9. The highest BCUT2D eigenvalue weighted by molar-refractivity contribution is 5.94. The lowest BCUT2D eigenvalue weighted by Crippen LogP contribution is -2.20. The maximum Gasteiger partial charge on any atom is 0.159 e. The summed E-state index contributed by atoms with van der Waals surface area (Å²) >= 11 is 0. The topological polar surface area (TPSA) is 26.3 Å². The third-order valence-corrected chi connectivity index (χ3v) is 6.05. The first-order valence-electron chi connectivity index (χ1n) is 11.3. The molecular formula is C30H36O2. The van der Waals surface area contributed by atoms with E-state index in [0.29, 0.717) is 0 Å². The molecule has 0 amide bonds. The van der Waals surface area contributed by atoms with Gasteiger partial charge in [0.25, 0.3) is 0 Å². The lowest BCUT2D eigenvalue weighted by molar-refractivity contribution is 0.101. The summed E-state index contributed by atoms with van der Waals surface area (Å²) in [5.41, 5.74) is 6.66. The van der Waals surface area contributed by atoms with Crippen molar-refractivity contribution in [2.24, 2.45) is 0 Å². The van der Waals surface area contributed by atoms with Gasteiger partial charge in [-0.25, -0.2) is 0 Å². The molecule has 0 saturated carbocycles. The Morgan fingerprint density at radius 3 is 1.59 bits per heavy atom. The zero-order chi connectivity index (χ0) is 23.7. The van der Waals surface area contributed by atoms with Crippen LogP contribution in [-0.2, 0) is 10.8 Å². The zero-order valence-corrected chi connectivity index (χ0v) is 20.7. The number of rotatable bonds is 5. The van der Waals surface area contributed by atoms with E-state index in [2.05, 4.69) is 96.1 Å². The van der Waals surface area contributed by atoms with Crippen LogP contribution in [-0.4, -0.2) is 12.9 Å². The Hall–Kier alpha value is -2.87. The molecule has 0 saturated heterocycles. The van der Waals surface area contributed by atoms with E-state index in [4.69, 9.17) is 4.74 Å². The van der Waals surface area contributed by atoms with Gasteiger partial charge in [-0.15, -0.1) is 0 Å². The standard InChI is InChI=1S/C30H36O2/c1-20(31)21-14-16-23(17-15-21)27(22-12-10-9-11-13-22)24-18-25(29(2,3)4)28(32-8)26(19-24)30(5,6)7/h9-19,27H,1-8H3/t27-/m0/s1. The van der Waals surface area contributed by atoms with Crippen molar-refractivity contribution in [3.05, 3.63) is 100 Å². The molecule has 0 spiro atoms. The van der Waals surface area contributed by atoms with Crippen LogP contribution in [0.5, 0.6) is 5.75 Å². The van der Waals surface area contributed by atoms with Crippen molar-refractivity contribution in [1.29, 1.82) is 0 Å². The summed E-state index contributed by atoms with van der Waals surface area (Å²) in [6.07, 6.45) is 0. The van der Waals surface area contributed by atoms with Gasteiger partial charge in [-0.1, -0.05) is 108 Å². The van der Waals surface area contributed by atoms with Crippen LogP contribution in [0.25, 0.3) is 0 Å². The quantitative estimate of drug-likeness (QED) is 0.308. The monoisotopic (exact) mass is 428 g/mol. The van der Waals surface area contributed by atoms with Crippen molar-refractivity contribution in [1.82, 2.24) is 0 Å². The third kappa shape index (κ3) is 4.96. The van der Waals surface area contributed by atoms with E-state index in [1.807, 2.05) is 12.1 Å². The second-order valence-electron chi connectivity index (χ2n) is 10.7. The summed E-state index contributed by atoms with van der Waals surface area (Å²) in [4.78, 5) is 11.8. The Kier molecular flexibility index (Phi) is 6.64. The normalized spacial score (nSPS) is 13.0. The van der Waals surface area contributed by atoms with Crippen molar-refractivity contribution < 1.29 is 9.53 Å². The zero-order valence-electron chi connectivity index (χ0n) is 20.7. The lowest BCUT2D eigenvalue weighted by Gasteiger charge is -2.31. The molecule has 0 aliphatic heterocycles. The van der Waals surface area contributed by atoms with E-state index in [9.17, 15) is 4.79 Å². The summed E-state index contributed by atoms with van der Waals surface area (Å²) in [6, 6.07) is 23.3. The first kappa shape index (κ1) is 23.8. The van der Waals surface area contributed by atoms with Crippen LogP contribution >= 0.6 is 0 Å². The van der Waals surface area contributed by atoms with E-state index < -0.39 is 0 Å². The Bertz CT molecular complexity index is 1040. The van der Waals surface area contributed by atoms with E-state index in [1.165, 1.54) is 27.8 Å². The second-order valence-corrected chi connectivity index (χ2v) is 10.7. The number of Topliss-reactive ketones (excluding diaryl/α,β-unsaturated/α-hetero) is 1. The maximum absolute atomic E-state index is 11.8. The minimum atomic E-state index is -0.0684. The van der Waals surface area contributed by atoms with Crippen molar-refractivity contribution in [3.63, 3.8) is 0 Å². The van der Waals surface area contributed by atoms with Gasteiger partial charge in [-0.05, 0) is 34.4 Å². The van der Waals surface area contributed by atoms with Gasteiger partial charge < -0.3 is 4.74 Å². The van der Waals surface area contributed by atoms with Crippen LogP contribution in [0.4, 0.5) is 0 Å². The van der Waals surface area contributed by atoms with Crippen LogP contribution < -0.4 is 4.74 Å². The highest BCUT2D eigenvalue weighted by Crippen LogP contribution is 2.44. The Labute approximate surface area is 193 Å². The predicted molar refractivity (Wildman–Crippen MR) is 134 cm³/mol. The highest BCUT2D eigenvalue weighted by atomic mass is 16.5. The average Bonchev–Trinajstić information content (AvgIpc) is 2.73. The second kappa shape index (κ2) is 8.94. The molecule has 0 aromatic heterocycles. The minimum Gasteiger partial charge on any atom is -0.496 e. The van der Waals surface area contributed by atoms with Gasteiger partial charge in [-0.2, -0.15) is 0 Å². The smallest absolute Gasteiger partial charge is 0.159 e. The molecule has 0 aliphatic carbocycles. The molecule has 2 nitrogen and oxygen atoms in total. The Morgan fingerprint density at radius 2 is 1.19 bits per heavy atom. The fraction of sp³-hybridized carbons (Fsp3) is 0.367. The lowest BCUT2D eigenvalue weighted by atomic mass is 9.75. The summed E-state index contributed by atoms with van der Waals surface area (Å²) in [7, 11) is 1.77. The fourth-order valence-electron chi connectivity index (χ4n) is 4.29. The van der Waals surface area contributed by atoms with E-state index in [1.54, 1.807) is 14.0 Å². The maximum atomic E-state index is 11.8. The van der Waals surface area contributed by atoms with Gasteiger partial charge in [0.05, 0.1) is 7.11 Å². The van der Waals surface area contributed by atoms with Crippen molar-refractivity contribution in [2.75, 3.05) is 7.11 Å². The highest BCUT2D eigenvalue weighted by Gasteiger charge is 2.30. The van der Waals surface area contributed by atoms with E-state index in [-0.39, 0.29) is 22.5 Å². The van der Waals surface area contributed by atoms with E-state index in [0.717, 1.165) is 11.3 Å². The van der Waals surface area contributed by atoms with Gasteiger partial charge >= 0.3 is 0 Å². The molecule has 0 aliphatic rings. The van der Waals surface area contributed by atoms with Crippen molar-refractivity contribution >= 4 is 5.78 Å². The summed E-state index contributed by atoms with van der Waals surface area (Å²) in [5, 5.41) is 0. The molecule has 0 radical (unpaired) electrons. The summed E-state index contributed by atoms with van der Waals surface area (Å²) in [5.74, 6) is 1.13. The molecule has 0 bridgehead atoms. The van der Waals surface area contributed by atoms with Crippen LogP contribution in [0.3, 0.4) is 0 Å². The molecule has 2 heteroatoms. The molecule has 0 unspecified atom stereocenters. The van der Waals surface area contributed by atoms with Gasteiger partial charge in [-0.3, -0.25) is 4.79 Å². The van der Waals surface area contributed by atoms with Gasteiger partial charge in [0.15, 0.2) is 5.78 Å². The van der Waals surface area contributed by atoms with Crippen LogP contribution in [0, 0.1) is 0 Å². The van der Waals surface area contributed by atoms with Gasteiger partial charge in [0, 0.05) is 22.6 Å². The molecule has 0 heterocycles. The number of ketones is 1. The van der Waals surface area contributed by atoms with Crippen molar-refractivity contribution in [2.45, 2.75) is 65.2 Å². The molecule has 3 aromatic carbocycles. The van der Waals surface area contributed by atoms with Gasteiger partial charge in [0.2, 0.25) is 0 Å². The largest absolute Gasteiger partial charge is 0.496 e. The number of carbonyl (C=O) groups is 1. The molecule has 32 heavy (non-hydrogen) atoms. The predicted octanol–water partition coefficient (Wildman–Crippen LogP) is 7.67. The molecule has 0 N–H and O–H groups in total. The Balaban J connectivity index is 2.32. The molecule has 168 valence electrons. The molecule has 3 rings (SSSR count). The van der Waals surface area contributed by atoms with Crippen LogP contribution in [0.2, 0.25) is 0 Å². The van der Waals surface area contributed by atoms with Gasteiger partial charge in [0.1, 0.15) is 5.75 Å². The first-order valence-corrected chi connectivity index (χ1v) is 11.3. The summed E-state index contributed by atoms with van der Waals surface area (Å²) in [6.45, 7) is 15.0. The molecule has 0 fully saturated rings. The average molecular weight is 429 g/mol. The van der Waals surface area contributed by atoms with Crippen LogP contribution in [0.15, 0.2) is 66.7 Å². The van der Waals surface area contributed by atoms with Crippen LogP contribution in [0.1, 0.15) is 92.6 Å². The van der Waals surface area contributed by atoms with Crippen molar-refractivity contribution in [3.8, 4) is 5.75 Å². The summed E-state index contributed by atoms with van der Waals surface area (Å²) < 4.78 is 5.98. The Morgan fingerprint density at radius 1 is 0.719 bits per heavy atom. The molecule has 3 aromatic rings. The third-order valence-electron chi connectivity index (χ3n) is 6.05. The number of benzene rings is 3.